The fraction of sp³-hybridized carbons (Fsp3) is 0.333. The maximum Gasteiger partial charge on any atom is 0.149 e. The van der Waals surface area contributed by atoms with Gasteiger partial charge in [-0.15, -0.1) is 0 Å². The summed E-state index contributed by atoms with van der Waals surface area (Å²) in [6, 6.07) is 4.83. The number of hydrogen-bond acceptors (Lipinski definition) is 2. The zero-order valence-electron chi connectivity index (χ0n) is 9.33. The molecule has 0 saturated heterocycles. The van der Waals surface area contributed by atoms with Crippen LogP contribution in [0.15, 0.2) is 18.2 Å². The number of halogens is 1. The first kappa shape index (κ1) is 10.8. The fourth-order valence-electron chi connectivity index (χ4n) is 1.78. The van der Waals surface area contributed by atoms with Crippen molar-refractivity contribution >= 4 is 16.8 Å². The number of Topliss-reactive ketones (excluding diaryl/α,β-unsaturated/α-hetero) is 1. The van der Waals surface area contributed by atoms with Crippen molar-refractivity contribution in [2.45, 2.75) is 19.8 Å². The molecule has 4 heteroatoms. The van der Waals surface area contributed by atoms with Crippen molar-refractivity contribution in [1.82, 2.24) is 9.55 Å². The summed E-state index contributed by atoms with van der Waals surface area (Å²) in [7, 11) is 1.77. The zero-order chi connectivity index (χ0) is 11.7. The molecule has 1 heterocycles. The average Bonchev–Trinajstić information content (AvgIpc) is 2.54. The fourth-order valence-corrected chi connectivity index (χ4v) is 1.78. The molecule has 1 aromatic carbocycles. The lowest BCUT2D eigenvalue weighted by Gasteiger charge is -2.00. The van der Waals surface area contributed by atoms with E-state index in [0.717, 1.165) is 5.82 Å². The second-order valence-corrected chi connectivity index (χ2v) is 3.90. The molecule has 0 radical (unpaired) electrons. The van der Waals surface area contributed by atoms with Crippen molar-refractivity contribution in [2.75, 3.05) is 0 Å². The molecule has 0 saturated carbocycles. The van der Waals surface area contributed by atoms with Crippen LogP contribution in [0.25, 0.3) is 11.0 Å². The van der Waals surface area contributed by atoms with E-state index in [1.54, 1.807) is 30.7 Å². The average molecular weight is 220 g/mol. The van der Waals surface area contributed by atoms with Gasteiger partial charge in [0.2, 0.25) is 0 Å². The Morgan fingerprint density at radius 3 is 2.88 bits per heavy atom. The molecule has 3 nitrogen and oxygen atoms in total. The molecule has 0 aliphatic heterocycles. The van der Waals surface area contributed by atoms with Crippen LogP contribution in [-0.2, 0) is 18.3 Å². The van der Waals surface area contributed by atoms with Crippen LogP contribution in [0, 0.1) is 5.82 Å². The predicted molar refractivity (Wildman–Crippen MR) is 59.7 cm³/mol. The molecule has 2 rings (SSSR count). The van der Waals surface area contributed by atoms with Crippen LogP contribution >= 0.6 is 0 Å². The molecule has 0 N–H and O–H groups in total. The number of para-hydroxylation sites is 1. The van der Waals surface area contributed by atoms with Gasteiger partial charge in [-0.2, -0.15) is 0 Å². The molecule has 0 amide bonds. The maximum absolute atomic E-state index is 13.5. The number of rotatable bonds is 3. The summed E-state index contributed by atoms with van der Waals surface area (Å²) in [4.78, 5) is 15.2. The zero-order valence-corrected chi connectivity index (χ0v) is 9.33. The van der Waals surface area contributed by atoms with E-state index in [2.05, 4.69) is 4.98 Å². The number of hydrogen-bond donors (Lipinski definition) is 0. The minimum absolute atomic E-state index is 0.118. The van der Waals surface area contributed by atoms with Crippen molar-refractivity contribution in [1.29, 1.82) is 0 Å². The van der Waals surface area contributed by atoms with E-state index in [1.807, 2.05) is 0 Å². The van der Waals surface area contributed by atoms with E-state index >= 15 is 0 Å². The first-order chi connectivity index (χ1) is 7.59. The number of imidazole rings is 1. The van der Waals surface area contributed by atoms with E-state index in [4.69, 9.17) is 0 Å². The van der Waals surface area contributed by atoms with Gasteiger partial charge in [0.1, 0.15) is 22.9 Å². The van der Waals surface area contributed by atoms with Crippen molar-refractivity contribution in [3.63, 3.8) is 0 Å². The number of ketones is 1. The third-order valence-corrected chi connectivity index (χ3v) is 2.64. The second kappa shape index (κ2) is 4.04. The minimum Gasteiger partial charge on any atom is -0.329 e. The lowest BCUT2D eigenvalue weighted by Crippen LogP contribution is -2.01. The topological polar surface area (TPSA) is 34.9 Å². The molecule has 0 aliphatic carbocycles. The van der Waals surface area contributed by atoms with Crippen molar-refractivity contribution in [3.05, 3.63) is 29.8 Å². The van der Waals surface area contributed by atoms with Crippen molar-refractivity contribution in [3.8, 4) is 0 Å². The Kier molecular flexibility index (Phi) is 2.73. The van der Waals surface area contributed by atoms with Crippen LogP contribution in [0.5, 0.6) is 0 Å². The van der Waals surface area contributed by atoms with E-state index in [1.165, 1.54) is 6.07 Å². The number of aromatic nitrogens is 2. The summed E-state index contributed by atoms with van der Waals surface area (Å²) >= 11 is 0. The molecule has 16 heavy (non-hydrogen) atoms. The Morgan fingerprint density at radius 2 is 2.25 bits per heavy atom. The van der Waals surface area contributed by atoms with Gasteiger partial charge >= 0.3 is 0 Å². The van der Waals surface area contributed by atoms with Crippen LogP contribution in [0.1, 0.15) is 19.2 Å². The Morgan fingerprint density at radius 1 is 1.50 bits per heavy atom. The first-order valence-corrected chi connectivity index (χ1v) is 5.19. The predicted octanol–water partition coefficient (Wildman–Crippen LogP) is 2.23. The van der Waals surface area contributed by atoms with Gasteiger partial charge in [0.05, 0.1) is 5.52 Å². The summed E-state index contributed by atoms with van der Waals surface area (Å²) < 4.78 is 15.2. The normalized spacial score (nSPS) is 10.9. The number of aryl methyl sites for hydroxylation is 2. The molecule has 1 aromatic heterocycles. The molecule has 2 aromatic rings. The third kappa shape index (κ3) is 1.83. The van der Waals surface area contributed by atoms with Crippen LogP contribution in [0.2, 0.25) is 0 Å². The summed E-state index contributed by atoms with van der Waals surface area (Å²) in [5.41, 5.74) is 1.14. The summed E-state index contributed by atoms with van der Waals surface area (Å²) in [5, 5.41) is 0. The third-order valence-electron chi connectivity index (χ3n) is 2.64. The molecule has 0 aliphatic rings. The van der Waals surface area contributed by atoms with Crippen LogP contribution in [0.4, 0.5) is 4.39 Å². The van der Waals surface area contributed by atoms with Gasteiger partial charge in [-0.25, -0.2) is 9.37 Å². The summed E-state index contributed by atoms with van der Waals surface area (Å²) in [6.45, 7) is 1.54. The maximum atomic E-state index is 13.5. The van der Waals surface area contributed by atoms with Gasteiger partial charge in [-0.3, -0.25) is 0 Å². The highest BCUT2D eigenvalue weighted by molar-refractivity contribution is 5.77. The molecular formula is C12H13FN2O. The molecule has 0 atom stereocenters. The molecule has 0 bridgehead atoms. The number of benzene rings is 1. The standard InChI is InChI=1S/C12H13FN2O/c1-8(16)6-7-11-14-10-5-3-4-9(13)12(10)15(11)2/h3-5H,6-7H2,1-2H3. The highest BCUT2D eigenvalue weighted by atomic mass is 19.1. The van der Waals surface area contributed by atoms with Crippen LogP contribution < -0.4 is 0 Å². The molecular weight excluding hydrogens is 207 g/mol. The van der Waals surface area contributed by atoms with E-state index in [9.17, 15) is 9.18 Å². The lowest BCUT2D eigenvalue weighted by molar-refractivity contribution is -0.117. The van der Waals surface area contributed by atoms with Gasteiger partial charge in [0.15, 0.2) is 0 Å². The largest absolute Gasteiger partial charge is 0.329 e. The quantitative estimate of drug-likeness (QED) is 0.795. The minimum atomic E-state index is -0.276. The van der Waals surface area contributed by atoms with Crippen molar-refractivity contribution in [2.24, 2.45) is 7.05 Å². The first-order valence-electron chi connectivity index (χ1n) is 5.19. The highest BCUT2D eigenvalue weighted by Gasteiger charge is 2.11. The van der Waals surface area contributed by atoms with Gasteiger partial charge in [0.25, 0.3) is 0 Å². The smallest absolute Gasteiger partial charge is 0.149 e. The Balaban J connectivity index is 2.44. The van der Waals surface area contributed by atoms with Gasteiger partial charge in [0, 0.05) is 19.9 Å². The SMILES string of the molecule is CC(=O)CCc1nc2cccc(F)c2n1C. The van der Waals surface area contributed by atoms with Crippen LogP contribution in [0.3, 0.4) is 0 Å². The molecule has 84 valence electrons. The highest BCUT2D eigenvalue weighted by Crippen LogP contribution is 2.18. The number of nitrogens with zero attached hydrogens (tertiary/aromatic N) is 2. The van der Waals surface area contributed by atoms with E-state index in [-0.39, 0.29) is 11.6 Å². The number of carbonyl (C=O) groups is 1. The summed E-state index contributed by atoms with van der Waals surface area (Å²) in [6.07, 6.45) is 0.999. The van der Waals surface area contributed by atoms with Gasteiger partial charge in [-0.1, -0.05) is 6.07 Å². The monoisotopic (exact) mass is 220 g/mol. The Labute approximate surface area is 92.9 Å². The van der Waals surface area contributed by atoms with E-state index in [0.29, 0.717) is 23.9 Å². The van der Waals surface area contributed by atoms with Crippen LogP contribution in [-0.4, -0.2) is 15.3 Å². The molecule has 0 fully saturated rings. The molecule has 0 unspecified atom stereocenters. The lowest BCUT2D eigenvalue weighted by atomic mass is 10.2. The van der Waals surface area contributed by atoms with Gasteiger partial charge in [-0.05, 0) is 19.1 Å². The number of fused-ring (bicyclic) bond motifs is 1. The number of carbonyl (C=O) groups excluding carboxylic acids is 1. The Bertz CT molecular complexity index is 545. The van der Waals surface area contributed by atoms with Crippen molar-refractivity contribution < 1.29 is 9.18 Å². The molecule has 0 spiro atoms. The second-order valence-electron chi connectivity index (χ2n) is 3.90. The Hall–Kier alpha value is -1.71. The van der Waals surface area contributed by atoms with Gasteiger partial charge < -0.3 is 9.36 Å². The van der Waals surface area contributed by atoms with E-state index < -0.39 is 0 Å². The summed E-state index contributed by atoms with van der Waals surface area (Å²) in [5.74, 6) is 0.587.